The Morgan fingerprint density at radius 3 is 2.00 bits per heavy atom. The molecule has 10 heteroatoms. The van der Waals surface area contributed by atoms with E-state index in [9.17, 15) is 30.8 Å². The predicted molar refractivity (Wildman–Crippen MR) is 96.4 cm³/mol. The van der Waals surface area contributed by atoms with E-state index in [1.54, 1.807) is 0 Å². The van der Waals surface area contributed by atoms with Crippen LogP contribution in [0.5, 0.6) is 0 Å². The van der Waals surface area contributed by atoms with Gasteiger partial charge in [0.25, 0.3) is 5.78 Å². The number of ketones is 1. The molecule has 0 saturated carbocycles. The number of Topliss-reactive ketones (excluding diaryl/α,β-unsaturated/α-hetero) is 1. The van der Waals surface area contributed by atoms with Crippen molar-refractivity contribution >= 4 is 27.0 Å². The first-order valence-corrected chi connectivity index (χ1v) is 10.4. The fourth-order valence-electron chi connectivity index (χ4n) is 2.39. The van der Waals surface area contributed by atoms with Crippen LogP contribution in [0.1, 0.15) is 9.80 Å². The number of halogens is 4. The summed E-state index contributed by atoms with van der Waals surface area (Å²) in [6, 6.07) is 10.4. The summed E-state index contributed by atoms with van der Waals surface area (Å²) in [5, 5.41) is -0.756. The molecule has 0 unspecified atom stereocenters. The number of benzene rings is 2. The summed E-state index contributed by atoms with van der Waals surface area (Å²) < 4.78 is 74.8. The highest BCUT2D eigenvalue weighted by atomic mass is 32.2. The Kier molecular flexibility index (Phi) is 5.11. The number of rotatable bonds is 4. The summed E-state index contributed by atoms with van der Waals surface area (Å²) in [6.07, 6.45) is -4.06. The molecule has 0 fully saturated rings. The SMILES string of the molecule is CS(=O)(=O)c1ccc(-c2sc(C(=O)C(F)(F)F)nc2-c2ccc(F)cc2)cc1. The van der Waals surface area contributed by atoms with E-state index < -0.39 is 32.6 Å². The van der Waals surface area contributed by atoms with Crippen molar-refractivity contribution < 1.29 is 30.8 Å². The first-order chi connectivity index (χ1) is 13.0. The molecule has 0 aliphatic rings. The number of thiazole rings is 1. The summed E-state index contributed by atoms with van der Waals surface area (Å²) in [5.41, 5.74) is 0.774. The Hall–Kier alpha value is -2.59. The minimum Gasteiger partial charge on any atom is -0.281 e. The molecule has 4 nitrogen and oxygen atoms in total. The zero-order valence-corrected chi connectivity index (χ0v) is 15.8. The van der Waals surface area contributed by atoms with Gasteiger partial charge in [-0.25, -0.2) is 17.8 Å². The van der Waals surface area contributed by atoms with E-state index in [-0.39, 0.29) is 15.5 Å². The first-order valence-electron chi connectivity index (χ1n) is 7.65. The second-order valence-electron chi connectivity index (χ2n) is 5.83. The van der Waals surface area contributed by atoms with Crippen molar-refractivity contribution in [1.82, 2.24) is 4.98 Å². The third-order valence-corrected chi connectivity index (χ3v) is 5.97. The largest absolute Gasteiger partial charge is 0.457 e. The molecule has 3 rings (SSSR count). The molecule has 28 heavy (non-hydrogen) atoms. The molecule has 0 aliphatic carbocycles. The molecule has 0 amide bonds. The van der Waals surface area contributed by atoms with E-state index in [0.717, 1.165) is 18.4 Å². The monoisotopic (exact) mass is 429 g/mol. The van der Waals surface area contributed by atoms with E-state index in [4.69, 9.17) is 0 Å². The zero-order chi connectivity index (χ0) is 20.7. The molecule has 2 aromatic carbocycles. The van der Waals surface area contributed by atoms with E-state index in [0.29, 0.717) is 22.5 Å². The fourth-order valence-corrected chi connectivity index (χ4v) is 4.07. The van der Waals surface area contributed by atoms with E-state index >= 15 is 0 Å². The van der Waals surface area contributed by atoms with Crippen molar-refractivity contribution in [2.45, 2.75) is 11.1 Å². The molecule has 1 heterocycles. The molecule has 0 atom stereocenters. The molecular formula is C18H11F4NO3S2. The lowest BCUT2D eigenvalue weighted by atomic mass is 10.1. The maximum absolute atomic E-state index is 13.2. The maximum atomic E-state index is 13.2. The number of carbonyl (C=O) groups excluding carboxylic acids is 1. The van der Waals surface area contributed by atoms with Crippen LogP contribution in [0.25, 0.3) is 21.7 Å². The molecule has 0 spiro atoms. The van der Waals surface area contributed by atoms with Crippen molar-refractivity contribution in [3.8, 4) is 21.7 Å². The lowest BCUT2D eigenvalue weighted by molar-refractivity contribution is -0.0885. The van der Waals surface area contributed by atoms with Gasteiger partial charge in [0.2, 0.25) is 0 Å². The second-order valence-corrected chi connectivity index (χ2v) is 8.84. The number of carbonyl (C=O) groups is 1. The van der Waals surface area contributed by atoms with Gasteiger partial charge in [0, 0.05) is 11.8 Å². The van der Waals surface area contributed by atoms with Crippen LogP contribution in [0, 0.1) is 5.82 Å². The quantitative estimate of drug-likeness (QED) is 0.443. The number of hydrogen-bond donors (Lipinski definition) is 0. The van der Waals surface area contributed by atoms with Crippen molar-refractivity contribution in [3.63, 3.8) is 0 Å². The van der Waals surface area contributed by atoms with Crippen molar-refractivity contribution in [2.24, 2.45) is 0 Å². The van der Waals surface area contributed by atoms with E-state index in [1.165, 1.54) is 36.4 Å². The summed E-state index contributed by atoms with van der Waals surface area (Å²) in [7, 11) is -3.45. The molecule has 3 aromatic rings. The second kappa shape index (κ2) is 7.10. The number of hydrogen-bond acceptors (Lipinski definition) is 5. The molecule has 146 valence electrons. The Morgan fingerprint density at radius 1 is 0.964 bits per heavy atom. The standard InChI is InChI=1S/C18H11F4NO3S2/c1-28(25,26)13-8-4-11(5-9-13)15-14(10-2-6-12(19)7-3-10)23-17(27-15)16(24)18(20,21)22/h2-9H,1H3. The van der Waals surface area contributed by atoms with Crippen molar-refractivity contribution in [2.75, 3.05) is 6.26 Å². The minimum absolute atomic E-state index is 0.0377. The lowest BCUT2D eigenvalue weighted by Crippen LogP contribution is -2.22. The van der Waals surface area contributed by atoms with Gasteiger partial charge in [0.1, 0.15) is 5.82 Å². The van der Waals surface area contributed by atoms with Gasteiger partial charge in [-0.05, 0) is 42.0 Å². The van der Waals surface area contributed by atoms with Gasteiger partial charge in [-0.1, -0.05) is 12.1 Å². The van der Waals surface area contributed by atoms with Crippen LogP contribution in [-0.4, -0.2) is 31.6 Å². The predicted octanol–water partition coefficient (Wildman–Crippen LogP) is 4.76. The lowest BCUT2D eigenvalue weighted by Gasteiger charge is -2.04. The van der Waals surface area contributed by atoms with Crippen LogP contribution in [-0.2, 0) is 9.84 Å². The Morgan fingerprint density at radius 2 is 1.50 bits per heavy atom. The summed E-state index contributed by atoms with van der Waals surface area (Å²) in [4.78, 5) is 15.7. The Bertz CT molecular complexity index is 1130. The van der Waals surface area contributed by atoms with Crippen LogP contribution in [0.4, 0.5) is 17.6 Å². The van der Waals surface area contributed by atoms with E-state index in [1.807, 2.05) is 0 Å². The fraction of sp³-hybridized carbons (Fsp3) is 0.111. The number of sulfone groups is 1. The molecule has 0 aliphatic heterocycles. The van der Waals surface area contributed by atoms with Crippen LogP contribution < -0.4 is 0 Å². The normalized spacial score (nSPS) is 12.2. The zero-order valence-electron chi connectivity index (χ0n) is 14.1. The smallest absolute Gasteiger partial charge is 0.281 e. The average Bonchev–Trinajstić information content (AvgIpc) is 3.05. The highest BCUT2D eigenvalue weighted by molar-refractivity contribution is 7.90. The van der Waals surface area contributed by atoms with E-state index in [2.05, 4.69) is 4.98 Å². The van der Waals surface area contributed by atoms with Gasteiger partial charge >= 0.3 is 6.18 Å². The third kappa shape index (κ3) is 4.12. The molecule has 0 N–H and O–H groups in total. The van der Waals surface area contributed by atoms with Crippen LogP contribution in [0.15, 0.2) is 53.4 Å². The van der Waals surface area contributed by atoms with Gasteiger partial charge in [0.15, 0.2) is 14.8 Å². The highest BCUT2D eigenvalue weighted by Crippen LogP contribution is 2.39. The van der Waals surface area contributed by atoms with Crippen molar-refractivity contribution in [3.05, 3.63) is 59.4 Å². The van der Waals surface area contributed by atoms with Gasteiger partial charge in [-0.2, -0.15) is 13.2 Å². The van der Waals surface area contributed by atoms with Crippen molar-refractivity contribution in [1.29, 1.82) is 0 Å². The molecule has 0 radical (unpaired) electrons. The summed E-state index contributed by atoms with van der Waals surface area (Å²) in [6.45, 7) is 0. The summed E-state index contributed by atoms with van der Waals surface area (Å²) in [5.74, 6) is -2.62. The van der Waals surface area contributed by atoms with Crippen LogP contribution >= 0.6 is 11.3 Å². The first kappa shape index (κ1) is 20.2. The molecular weight excluding hydrogens is 418 g/mol. The van der Waals surface area contributed by atoms with Crippen LogP contribution in [0.2, 0.25) is 0 Å². The number of aromatic nitrogens is 1. The van der Waals surface area contributed by atoms with Gasteiger partial charge in [0.05, 0.1) is 15.5 Å². The van der Waals surface area contributed by atoms with Gasteiger partial charge in [-0.3, -0.25) is 4.79 Å². The highest BCUT2D eigenvalue weighted by Gasteiger charge is 2.42. The Labute approximate surface area is 161 Å². The third-order valence-electron chi connectivity index (χ3n) is 3.74. The van der Waals surface area contributed by atoms with Gasteiger partial charge in [-0.15, -0.1) is 11.3 Å². The number of nitrogens with zero attached hydrogens (tertiary/aromatic N) is 1. The van der Waals surface area contributed by atoms with Gasteiger partial charge < -0.3 is 0 Å². The average molecular weight is 429 g/mol. The molecule has 0 bridgehead atoms. The number of alkyl halides is 3. The Balaban J connectivity index is 2.17. The maximum Gasteiger partial charge on any atom is 0.457 e. The minimum atomic E-state index is -5.09. The summed E-state index contributed by atoms with van der Waals surface area (Å²) >= 11 is 0.536. The van der Waals surface area contributed by atoms with Crippen LogP contribution in [0.3, 0.4) is 0 Å². The molecule has 0 saturated heterocycles. The topological polar surface area (TPSA) is 64.1 Å². The molecule has 1 aromatic heterocycles.